The zero-order valence-corrected chi connectivity index (χ0v) is 18.0. The molecule has 0 radical (unpaired) electrons. The molecule has 154 valence electrons. The molecule has 3 aromatic rings. The Kier molecular flexibility index (Phi) is 5.94. The average Bonchev–Trinajstić information content (AvgIpc) is 3.14. The topological polar surface area (TPSA) is 63.0 Å². The number of benzene rings is 1. The fourth-order valence-electron chi connectivity index (χ4n) is 3.73. The number of aryl methyl sites for hydroxylation is 2. The van der Waals surface area contributed by atoms with Gasteiger partial charge < -0.3 is 4.74 Å². The maximum Gasteiger partial charge on any atom is 0.275 e. The highest BCUT2D eigenvalue weighted by Gasteiger charge is 2.19. The molecule has 0 bridgehead atoms. The van der Waals surface area contributed by atoms with E-state index in [1.165, 1.54) is 27.0 Å². The molecule has 1 saturated heterocycles. The van der Waals surface area contributed by atoms with E-state index >= 15 is 0 Å². The Morgan fingerprint density at radius 3 is 2.52 bits per heavy atom. The summed E-state index contributed by atoms with van der Waals surface area (Å²) in [5.41, 5.74) is 3.22. The monoisotopic (exact) mass is 413 g/mol. The predicted molar refractivity (Wildman–Crippen MR) is 115 cm³/mol. The molecule has 8 heteroatoms. The summed E-state index contributed by atoms with van der Waals surface area (Å²) in [6.07, 6.45) is 0.816. The quantitative estimate of drug-likeness (QED) is 0.618. The standard InChI is InChI=1S/C21H27N5O2S/c1-4-19-23-26-20(27)12-17(22-21(26)29-19)14-25-9-7-24(8-10-25)13-16-11-15(2)5-6-18(16)28-3/h5-6,11-12H,4,7-10,13-14H2,1-3H3. The summed E-state index contributed by atoms with van der Waals surface area (Å²) in [7, 11) is 1.73. The summed E-state index contributed by atoms with van der Waals surface area (Å²) >= 11 is 1.50. The molecule has 3 heterocycles. The lowest BCUT2D eigenvalue weighted by molar-refractivity contribution is 0.120. The first-order valence-corrected chi connectivity index (χ1v) is 10.8. The normalized spacial score (nSPS) is 15.8. The van der Waals surface area contributed by atoms with Crippen molar-refractivity contribution in [1.82, 2.24) is 24.4 Å². The zero-order chi connectivity index (χ0) is 20.4. The maximum absolute atomic E-state index is 12.3. The fourth-order valence-corrected chi connectivity index (χ4v) is 4.58. The third-order valence-corrected chi connectivity index (χ3v) is 6.38. The summed E-state index contributed by atoms with van der Waals surface area (Å²) in [6.45, 7) is 9.63. The van der Waals surface area contributed by atoms with Crippen molar-refractivity contribution in [1.29, 1.82) is 0 Å². The van der Waals surface area contributed by atoms with Gasteiger partial charge in [0.15, 0.2) is 0 Å². The van der Waals surface area contributed by atoms with Crippen molar-refractivity contribution in [3.8, 4) is 5.75 Å². The van der Waals surface area contributed by atoms with Gasteiger partial charge in [-0.1, -0.05) is 36.0 Å². The maximum atomic E-state index is 12.3. The van der Waals surface area contributed by atoms with E-state index in [4.69, 9.17) is 4.74 Å². The molecule has 0 N–H and O–H groups in total. The molecule has 29 heavy (non-hydrogen) atoms. The summed E-state index contributed by atoms with van der Waals surface area (Å²) in [6, 6.07) is 7.96. The Labute approximate surface area is 174 Å². The van der Waals surface area contributed by atoms with Crippen molar-refractivity contribution in [3.05, 3.63) is 56.4 Å². The van der Waals surface area contributed by atoms with E-state index < -0.39 is 0 Å². The van der Waals surface area contributed by atoms with E-state index in [9.17, 15) is 4.79 Å². The molecule has 0 atom stereocenters. The van der Waals surface area contributed by atoms with Crippen molar-refractivity contribution in [2.45, 2.75) is 33.4 Å². The van der Waals surface area contributed by atoms with Crippen LogP contribution in [0.5, 0.6) is 5.75 Å². The lowest BCUT2D eigenvalue weighted by atomic mass is 10.1. The number of nitrogens with zero attached hydrogens (tertiary/aromatic N) is 5. The Balaban J connectivity index is 1.38. The van der Waals surface area contributed by atoms with Crippen LogP contribution < -0.4 is 10.3 Å². The smallest absolute Gasteiger partial charge is 0.275 e. The second-order valence-corrected chi connectivity index (χ2v) is 8.54. The second-order valence-electron chi connectivity index (χ2n) is 7.50. The molecule has 1 aliphatic rings. The zero-order valence-electron chi connectivity index (χ0n) is 17.2. The fraction of sp³-hybridized carbons (Fsp3) is 0.476. The number of hydrogen-bond acceptors (Lipinski definition) is 7. The largest absolute Gasteiger partial charge is 0.496 e. The summed E-state index contributed by atoms with van der Waals surface area (Å²) < 4.78 is 6.93. The highest BCUT2D eigenvalue weighted by atomic mass is 32.1. The summed E-state index contributed by atoms with van der Waals surface area (Å²) in [4.78, 5) is 22.5. The Hall–Kier alpha value is -2.29. The Morgan fingerprint density at radius 2 is 1.83 bits per heavy atom. The minimum atomic E-state index is -0.0915. The van der Waals surface area contributed by atoms with E-state index in [0.29, 0.717) is 11.5 Å². The molecule has 7 nitrogen and oxygen atoms in total. The molecule has 1 aliphatic heterocycles. The first-order chi connectivity index (χ1) is 14.1. The van der Waals surface area contributed by atoms with E-state index in [1.54, 1.807) is 13.2 Å². The van der Waals surface area contributed by atoms with Gasteiger partial charge in [-0.05, 0) is 19.4 Å². The molecule has 1 fully saturated rings. The lowest BCUT2D eigenvalue weighted by Gasteiger charge is -2.34. The number of rotatable bonds is 6. The van der Waals surface area contributed by atoms with Gasteiger partial charge in [0, 0.05) is 50.9 Å². The van der Waals surface area contributed by atoms with Crippen molar-refractivity contribution in [2.24, 2.45) is 0 Å². The van der Waals surface area contributed by atoms with Gasteiger partial charge in [0.05, 0.1) is 12.8 Å². The van der Waals surface area contributed by atoms with Crippen LogP contribution in [0.4, 0.5) is 0 Å². The summed E-state index contributed by atoms with van der Waals surface area (Å²) in [5.74, 6) is 0.951. The third kappa shape index (κ3) is 4.49. The SMILES string of the molecule is CCc1nn2c(=O)cc(CN3CCN(Cc4cc(C)ccc4OC)CC3)nc2s1. The van der Waals surface area contributed by atoms with Gasteiger partial charge in [0.1, 0.15) is 10.8 Å². The number of aromatic nitrogens is 3. The molecule has 0 saturated carbocycles. The minimum Gasteiger partial charge on any atom is -0.496 e. The molecule has 0 spiro atoms. The van der Waals surface area contributed by atoms with E-state index in [-0.39, 0.29) is 5.56 Å². The van der Waals surface area contributed by atoms with E-state index in [1.807, 2.05) is 13.0 Å². The van der Waals surface area contributed by atoms with Crippen LogP contribution in [0, 0.1) is 6.92 Å². The van der Waals surface area contributed by atoms with Crippen molar-refractivity contribution in [3.63, 3.8) is 0 Å². The van der Waals surface area contributed by atoms with E-state index in [0.717, 1.165) is 55.6 Å². The van der Waals surface area contributed by atoms with Crippen LogP contribution in [0.3, 0.4) is 0 Å². The third-order valence-electron chi connectivity index (χ3n) is 5.32. The first kappa shape index (κ1) is 20.0. The van der Waals surface area contributed by atoms with Gasteiger partial charge in [0.25, 0.3) is 5.56 Å². The van der Waals surface area contributed by atoms with Gasteiger partial charge >= 0.3 is 0 Å². The van der Waals surface area contributed by atoms with Gasteiger partial charge in [-0.2, -0.15) is 9.61 Å². The van der Waals surface area contributed by atoms with Gasteiger partial charge in [-0.3, -0.25) is 14.6 Å². The van der Waals surface area contributed by atoms with Crippen LogP contribution in [-0.4, -0.2) is 57.7 Å². The number of fused-ring (bicyclic) bond motifs is 1. The van der Waals surface area contributed by atoms with Crippen molar-refractivity contribution < 1.29 is 4.74 Å². The van der Waals surface area contributed by atoms with Gasteiger partial charge in [0.2, 0.25) is 4.96 Å². The second kappa shape index (κ2) is 8.61. The molecule has 0 aliphatic carbocycles. The average molecular weight is 414 g/mol. The Bertz CT molecular complexity index is 1050. The predicted octanol–water partition coefficient (Wildman–Crippen LogP) is 2.35. The number of piperazine rings is 1. The Morgan fingerprint density at radius 1 is 1.10 bits per heavy atom. The first-order valence-electron chi connectivity index (χ1n) is 10.0. The molecule has 0 amide bonds. The number of hydrogen-bond donors (Lipinski definition) is 0. The highest BCUT2D eigenvalue weighted by molar-refractivity contribution is 7.16. The van der Waals surface area contributed by atoms with Gasteiger partial charge in [-0.25, -0.2) is 4.98 Å². The van der Waals surface area contributed by atoms with Crippen LogP contribution in [0.15, 0.2) is 29.1 Å². The van der Waals surface area contributed by atoms with Crippen LogP contribution in [0.25, 0.3) is 4.96 Å². The van der Waals surface area contributed by atoms with Crippen molar-refractivity contribution in [2.75, 3.05) is 33.3 Å². The molecular formula is C21H27N5O2S. The van der Waals surface area contributed by atoms with E-state index in [2.05, 4.69) is 38.9 Å². The lowest BCUT2D eigenvalue weighted by Crippen LogP contribution is -2.45. The number of methoxy groups -OCH3 is 1. The van der Waals surface area contributed by atoms with Crippen LogP contribution in [0.2, 0.25) is 0 Å². The minimum absolute atomic E-state index is 0.0915. The molecule has 2 aromatic heterocycles. The van der Waals surface area contributed by atoms with Gasteiger partial charge in [-0.15, -0.1) is 0 Å². The van der Waals surface area contributed by atoms with Crippen LogP contribution in [0.1, 0.15) is 28.8 Å². The number of ether oxygens (including phenoxy) is 1. The molecule has 0 unspecified atom stereocenters. The molecule has 4 rings (SSSR count). The van der Waals surface area contributed by atoms with Crippen LogP contribution >= 0.6 is 11.3 Å². The molecule has 1 aromatic carbocycles. The van der Waals surface area contributed by atoms with Crippen LogP contribution in [-0.2, 0) is 19.5 Å². The molecular weight excluding hydrogens is 386 g/mol. The summed E-state index contributed by atoms with van der Waals surface area (Å²) in [5, 5.41) is 5.26. The van der Waals surface area contributed by atoms with Crippen molar-refractivity contribution >= 4 is 16.3 Å². The highest BCUT2D eigenvalue weighted by Crippen LogP contribution is 2.22.